The van der Waals surface area contributed by atoms with Crippen LogP contribution in [-0.2, 0) is 61.2 Å². The van der Waals surface area contributed by atoms with E-state index in [0.717, 1.165) is 56.7 Å². The minimum atomic E-state index is -4.68. The highest BCUT2D eigenvalue weighted by Gasteiger charge is 2.64. The van der Waals surface area contributed by atoms with Crippen LogP contribution in [0, 0.1) is 17.3 Å². The summed E-state index contributed by atoms with van der Waals surface area (Å²) in [6.45, 7) is -4.36. The molecule has 4 aromatic heterocycles. The van der Waals surface area contributed by atoms with Crippen LogP contribution < -0.4 is 11.1 Å². The molecule has 6 heterocycles. The van der Waals surface area contributed by atoms with E-state index in [1.807, 2.05) is 0 Å². The highest BCUT2D eigenvalue weighted by Crippen LogP contribution is 2.60. The third kappa shape index (κ3) is 18.6. The number of nitrogens with one attached hydrogen (secondary N) is 1. The predicted octanol–water partition coefficient (Wildman–Crippen LogP) is 12.8. The Bertz CT molecular complexity index is 5330. The van der Waals surface area contributed by atoms with E-state index in [2.05, 4.69) is 40.7 Å². The van der Waals surface area contributed by atoms with Crippen molar-refractivity contribution in [2.24, 2.45) is 33.0 Å². The van der Waals surface area contributed by atoms with Gasteiger partial charge in [-0.3, -0.25) is 29.5 Å². The highest BCUT2D eigenvalue weighted by atomic mass is 35.5. The SMILES string of the molecule is CC(C[C@]1(c2ccc(-c3cnn(C(F)F)c3)cc2)N=C(N)N([C@H](COC(=O)CC2(C(F)(F)F)CC2)c2ccc(Cl)c(-n3ncnc3C(F)F)c2)C1=O)CS(C)(=O)=O.CC(C[C@]1(c2ccc(-c3cnn(C(F)F)c3)cc2)N=C(NC(=O)OCc2ccccc2)N([C@H](CO)c2ccc(Cl)c(-n3ncnc3C(F)F)c2)C1=O)CS(C)(=O)=O. The van der Waals surface area contributed by atoms with Crippen molar-refractivity contribution >= 4 is 78.7 Å². The lowest BCUT2D eigenvalue weighted by atomic mass is 9.81. The van der Waals surface area contributed by atoms with Gasteiger partial charge in [-0.25, -0.2) is 77.9 Å². The molecule has 114 heavy (non-hydrogen) atoms. The number of guanidine groups is 2. The Balaban J connectivity index is 0.000000225. The van der Waals surface area contributed by atoms with Crippen molar-refractivity contribution in [2.75, 3.05) is 37.2 Å². The molecule has 4 N–H and O–H groups in total. The summed E-state index contributed by atoms with van der Waals surface area (Å²) in [6, 6.07) is 25.9. The van der Waals surface area contributed by atoms with E-state index in [1.165, 1.54) is 85.2 Å². The van der Waals surface area contributed by atoms with Crippen molar-refractivity contribution in [3.63, 3.8) is 0 Å². The molecule has 5 aromatic carbocycles. The van der Waals surface area contributed by atoms with Gasteiger partial charge in [-0.05, 0) is 101 Å². The Hall–Kier alpha value is -10.7. The molecule has 1 aliphatic carbocycles. The van der Waals surface area contributed by atoms with Crippen molar-refractivity contribution < 1.29 is 98.9 Å². The first-order valence-electron chi connectivity index (χ1n) is 34.4. The van der Waals surface area contributed by atoms with Crippen molar-refractivity contribution in [3.05, 3.63) is 202 Å². The number of halogens is 13. The normalized spacial score (nSPS) is 18.1. The fraction of sp³-hybridized carbons (Fsp3) is 0.361. The van der Waals surface area contributed by atoms with Gasteiger partial charge in [-0.1, -0.05) is 128 Å². The summed E-state index contributed by atoms with van der Waals surface area (Å²) >= 11 is 12.8. The number of alkyl carbamates (subject to hydrolysis) is 1. The maximum Gasteiger partial charge on any atom is 0.414 e. The molecule has 6 atom stereocenters. The van der Waals surface area contributed by atoms with Crippen molar-refractivity contribution in [3.8, 4) is 33.6 Å². The number of hydrogen-bond acceptors (Lipinski definition) is 20. The minimum absolute atomic E-state index is 0.0183. The van der Waals surface area contributed by atoms with E-state index >= 15 is 4.79 Å². The molecule has 0 saturated heterocycles. The van der Waals surface area contributed by atoms with Gasteiger partial charge in [0.1, 0.15) is 45.5 Å². The Morgan fingerprint density at radius 1 is 0.614 bits per heavy atom. The van der Waals surface area contributed by atoms with Gasteiger partial charge < -0.3 is 20.3 Å². The van der Waals surface area contributed by atoms with Crippen molar-refractivity contribution in [1.29, 1.82) is 0 Å². The monoisotopic (exact) mass is 1680 g/mol. The molecule has 2 aliphatic heterocycles. The molecule has 1 saturated carbocycles. The van der Waals surface area contributed by atoms with Crippen molar-refractivity contribution in [1.82, 2.24) is 64.2 Å². The van der Waals surface area contributed by atoms with Crippen LogP contribution in [0.1, 0.15) is 123 Å². The van der Waals surface area contributed by atoms with Crippen LogP contribution in [0.25, 0.3) is 33.6 Å². The van der Waals surface area contributed by atoms with Crippen molar-refractivity contribution in [2.45, 2.75) is 108 Å². The van der Waals surface area contributed by atoms with Crippen LogP contribution in [0.3, 0.4) is 0 Å². The van der Waals surface area contributed by atoms with Gasteiger partial charge in [0.25, 0.3) is 24.7 Å². The number of nitrogens with zero attached hydrogens (tertiary/aromatic N) is 14. The number of sulfone groups is 2. The summed E-state index contributed by atoms with van der Waals surface area (Å²) in [7, 11) is -7.17. The van der Waals surface area contributed by atoms with Gasteiger partial charge >= 0.3 is 31.3 Å². The van der Waals surface area contributed by atoms with Crippen LogP contribution in [-0.4, -0.2) is 160 Å². The second-order valence-electron chi connectivity index (χ2n) is 27.5. The zero-order valence-corrected chi connectivity index (χ0v) is 63.4. The Morgan fingerprint density at radius 2 is 1.07 bits per heavy atom. The molecule has 42 heteroatoms. The number of benzene rings is 5. The number of rotatable bonds is 29. The molecule has 0 spiro atoms. The fourth-order valence-corrected chi connectivity index (χ4v) is 16.3. The Morgan fingerprint density at radius 3 is 1.49 bits per heavy atom. The average molecular weight is 1680 g/mol. The number of carbonyl (C=O) groups is 4. The number of ether oxygens (including phenoxy) is 2. The molecule has 9 aromatic rings. The van der Waals surface area contributed by atoms with E-state index in [9.17, 15) is 84.6 Å². The molecular formula is C72H69Cl2F11N16O11S2. The predicted molar refractivity (Wildman–Crippen MR) is 389 cm³/mol. The van der Waals surface area contributed by atoms with Gasteiger partial charge in [-0.15, -0.1) is 0 Å². The summed E-state index contributed by atoms with van der Waals surface area (Å²) in [4.78, 5) is 74.9. The first-order valence-corrected chi connectivity index (χ1v) is 39.2. The first-order chi connectivity index (χ1) is 53.7. The zero-order valence-electron chi connectivity index (χ0n) is 60.2. The molecule has 606 valence electrons. The smallest absolute Gasteiger partial charge is 0.414 e. The molecular weight excluding hydrogens is 1610 g/mol. The molecule has 2 unspecified atom stereocenters. The number of hydrogen-bond donors (Lipinski definition) is 3. The lowest BCUT2D eigenvalue weighted by molar-refractivity contribution is -0.195. The van der Waals surface area contributed by atoms with Gasteiger partial charge in [0.2, 0.25) is 5.96 Å². The van der Waals surface area contributed by atoms with E-state index in [1.54, 1.807) is 56.3 Å². The number of nitrogens with two attached hydrogens (primary N) is 1. The van der Waals surface area contributed by atoms with Crippen LogP contribution in [0.2, 0.25) is 10.0 Å². The standard InChI is InChI=1S/C37H35ClF4N8O6S.C35H34ClF7N8O5S/c1-22(20-57(2,54)55)15-37(27-11-8-24(9-12-27)26-16-44-48(17-26)34(41)42)33(52)49(35(47-37)46-36(53)56-19-23-6-4-3-5-7-23)30(18-51)25-10-13-28(38)29(14-25)50-32(31(39)40)43-21-45-50;1-19(17-57(2,54)55)12-34(23-6-3-20(4-7-23)22-14-46-49(15-22)31(39)40)30(53)50(32(44)48-34)26(16-56-27(52)13-33(9-10-33)35(41,42)43)21-5-8-24(36)25(11-21)51-29(28(37)38)45-18-47-51/h3-14,16-17,21-22,30-31,34,51H,15,18-20H2,1-2H3,(H,46,47,53);3-8,11,14-15,18-19,26,28,31H,9-10,12-13,16-17H2,1-2H3,(H2,44,48)/t22?,30-,37-;19?,26-,34-/m11/s1. The van der Waals surface area contributed by atoms with Gasteiger partial charge in [0.05, 0.1) is 75.8 Å². The second-order valence-corrected chi connectivity index (χ2v) is 32.7. The van der Waals surface area contributed by atoms with Gasteiger partial charge in [0, 0.05) is 36.0 Å². The molecule has 27 nitrogen and oxygen atoms in total. The van der Waals surface area contributed by atoms with Crippen LogP contribution in [0.15, 0.2) is 163 Å². The quantitative estimate of drug-likeness (QED) is 0.0289. The van der Waals surface area contributed by atoms with E-state index in [4.69, 9.17) is 43.4 Å². The summed E-state index contributed by atoms with van der Waals surface area (Å²) in [5.41, 5.74) is 2.96. The highest BCUT2D eigenvalue weighted by molar-refractivity contribution is 7.90. The number of carbonyl (C=O) groups excluding carboxylic acids is 4. The number of aliphatic imine (C=N–C) groups is 2. The largest absolute Gasteiger partial charge is 0.463 e. The number of aliphatic hydroxyl groups excluding tert-OH is 1. The number of esters is 1. The van der Waals surface area contributed by atoms with E-state index in [-0.39, 0.29) is 93.4 Å². The van der Waals surface area contributed by atoms with Gasteiger partial charge in [0.15, 0.2) is 28.7 Å². The molecule has 0 bridgehead atoms. The van der Waals surface area contributed by atoms with E-state index < -0.39 is 153 Å². The number of aromatic nitrogens is 10. The lowest BCUT2D eigenvalue weighted by Crippen LogP contribution is -2.49. The minimum Gasteiger partial charge on any atom is -0.463 e. The molecule has 3 amide bonds. The maximum absolute atomic E-state index is 15.1. The van der Waals surface area contributed by atoms with Crippen LogP contribution in [0.4, 0.5) is 53.1 Å². The fourth-order valence-electron chi connectivity index (χ4n) is 13.6. The summed E-state index contributed by atoms with van der Waals surface area (Å²) < 4.78 is 213. The first kappa shape index (κ1) is 84.2. The topological polar surface area (TPSA) is 342 Å². The second kappa shape index (κ2) is 33.8. The summed E-state index contributed by atoms with van der Waals surface area (Å²) in [5.74, 6) is -7.43. The third-order valence-electron chi connectivity index (χ3n) is 18.9. The lowest BCUT2D eigenvalue weighted by Gasteiger charge is -2.33. The molecule has 0 radical (unpaired) electrons. The number of amides is 3. The molecule has 12 rings (SSSR count). The Kier molecular flexibility index (Phi) is 24.9. The van der Waals surface area contributed by atoms with Crippen LogP contribution in [0.5, 0.6) is 0 Å². The maximum atomic E-state index is 15.1. The summed E-state index contributed by atoms with van der Waals surface area (Å²) in [6.07, 6.45) is -5.37. The zero-order chi connectivity index (χ0) is 82.7. The number of aliphatic hydroxyl groups is 1. The average Bonchev–Trinajstić information content (AvgIpc) is 1.58. The van der Waals surface area contributed by atoms with E-state index in [0.29, 0.717) is 37.2 Å². The third-order valence-corrected chi connectivity index (χ3v) is 21.9. The van der Waals surface area contributed by atoms with Gasteiger partial charge in [-0.2, -0.15) is 51.1 Å². The molecule has 1 fully saturated rings. The number of alkyl halides is 11. The Labute approximate surface area is 652 Å². The molecule has 3 aliphatic rings. The summed E-state index contributed by atoms with van der Waals surface area (Å²) in [5, 5.41) is 28.4. The van der Waals surface area contributed by atoms with Crippen LogP contribution >= 0.6 is 23.2 Å².